The largest absolute Gasteiger partial charge is 0.313 e. The van der Waals surface area contributed by atoms with Crippen LogP contribution in [-0.2, 0) is 14.3 Å². The van der Waals surface area contributed by atoms with E-state index in [0.29, 0.717) is 12.8 Å². The van der Waals surface area contributed by atoms with E-state index in [2.05, 4.69) is 15.9 Å². The lowest BCUT2D eigenvalue weighted by Crippen LogP contribution is -2.60. The summed E-state index contributed by atoms with van der Waals surface area (Å²) in [5.74, 6) is 0. The Labute approximate surface area is 140 Å². The zero-order valence-electron chi connectivity index (χ0n) is 13.2. The van der Waals surface area contributed by atoms with Crippen LogP contribution in [0.3, 0.4) is 0 Å². The fraction of sp³-hybridized carbons (Fsp3) is 0.600. The average molecular weight is 392 g/mol. The maximum absolute atomic E-state index is 12.4. The molecule has 22 heavy (non-hydrogen) atoms. The van der Waals surface area contributed by atoms with Crippen molar-refractivity contribution >= 4 is 26.0 Å². The van der Waals surface area contributed by atoms with Crippen molar-refractivity contribution < 1.29 is 17.8 Å². The lowest BCUT2D eigenvalue weighted by Gasteiger charge is -2.50. The molecule has 2 rings (SSSR count). The highest BCUT2D eigenvalue weighted by Crippen LogP contribution is 2.39. The summed E-state index contributed by atoms with van der Waals surface area (Å²) in [6.07, 6.45) is 0.396. The Balaban J connectivity index is 2.21. The highest BCUT2D eigenvalue weighted by molar-refractivity contribution is 9.10. The van der Waals surface area contributed by atoms with Gasteiger partial charge in [0.15, 0.2) is 0 Å². The molecule has 1 fully saturated rings. The van der Waals surface area contributed by atoms with Crippen LogP contribution in [0.1, 0.15) is 40.5 Å². The zero-order chi connectivity index (χ0) is 16.8. The van der Waals surface area contributed by atoms with Crippen molar-refractivity contribution in [1.82, 2.24) is 5.06 Å². The van der Waals surface area contributed by atoms with E-state index in [0.717, 1.165) is 4.47 Å². The van der Waals surface area contributed by atoms with Gasteiger partial charge in [-0.15, -0.1) is 0 Å². The Bertz CT molecular complexity index is 622. The van der Waals surface area contributed by atoms with Crippen LogP contribution in [-0.4, -0.2) is 35.9 Å². The number of rotatable bonds is 3. The van der Waals surface area contributed by atoms with E-state index in [4.69, 9.17) is 4.18 Å². The molecule has 0 radical (unpaired) electrons. The van der Waals surface area contributed by atoms with Crippen LogP contribution >= 0.6 is 15.9 Å². The maximum atomic E-state index is 12.4. The molecular weight excluding hydrogens is 370 g/mol. The maximum Gasteiger partial charge on any atom is 0.297 e. The molecule has 1 aliphatic rings. The van der Waals surface area contributed by atoms with Crippen molar-refractivity contribution in [2.24, 2.45) is 0 Å². The summed E-state index contributed by atoms with van der Waals surface area (Å²) in [5.41, 5.74) is -1.11. The normalized spacial score (nSPS) is 22.6. The van der Waals surface area contributed by atoms with Gasteiger partial charge in [0.05, 0.1) is 11.0 Å². The number of hydrogen-bond donors (Lipinski definition) is 1. The quantitative estimate of drug-likeness (QED) is 0.797. The van der Waals surface area contributed by atoms with Crippen molar-refractivity contribution in [2.75, 3.05) is 0 Å². The molecule has 1 aromatic carbocycles. The van der Waals surface area contributed by atoms with Gasteiger partial charge in [-0.3, -0.25) is 4.18 Å². The number of benzene rings is 1. The molecule has 1 N–H and O–H groups in total. The smallest absolute Gasteiger partial charge is 0.297 e. The van der Waals surface area contributed by atoms with Crippen molar-refractivity contribution in [3.63, 3.8) is 0 Å². The third kappa shape index (κ3) is 3.71. The predicted octanol–water partition coefficient (Wildman–Crippen LogP) is 3.57. The van der Waals surface area contributed by atoms with Crippen LogP contribution in [0.2, 0.25) is 0 Å². The third-order valence-electron chi connectivity index (χ3n) is 3.97. The molecule has 0 spiro atoms. The first-order valence-corrected chi connectivity index (χ1v) is 9.32. The molecule has 0 aromatic heterocycles. The van der Waals surface area contributed by atoms with Crippen molar-refractivity contribution in [3.05, 3.63) is 28.7 Å². The number of halogens is 1. The van der Waals surface area contributed by atoms with Gasteiger partial charge in [0, 0.05) is 15.6 Å². The van der Waals surface area contributed by atoms with E-state index >= 15 is 0 Å². The topological polar surface area (TPSA) is 66.8 Å². The monoisotopic (exact) mass is 391 g/mol. The Kier molecular flexibility index (Phi) is 4.77. The molecule has 0 bridgehead atoms. The van der Waals surface area contributed by atoms with Gasteiger partial charge in [0.25, 0.3) is 10.1 Å². The first kappa shape index (κ1) is 17.9. The molecule has 0 atom stereocenters. The lowest BCUT2D eigenvalue weighted by atomic mass is 9.80. The van der Waals surface area contributed by atoms with Crippen LogP contribution in [0.5, 0.6) is 0 Å². The van der Waals surface area contributed by atoms with Gasteiger partial charge in [-0.2, -0.15) is 13.5 Å². The second kappa shape index (κ2) is 5.87. The molecule has 124 valence electrons. The van der Waals surface area contributed by atoms with Gasteiger partial charge in [0.1, 0.15) is 0 Å². The molecule has 5 nitrogen and oxygen atoms in total. The second-order valence-corrected chi connectivity index (χ2v) is 9.46. The van der Waals surface area contributed by atoms with E-state index in [9.17, 15) is 13.6 Å². The highest BCUT2D eigenvalue weighted by Gasteiger charge is 2.46. The summed E-state index contributed by atoms with van der Waals surface area (Å²) in [6, 6.07) is 6.36. The average Bonchev–Trinajstić information content (AvgIpc) is 2.35. The molecule has 1 saturated heterocycles. The molecule has 1 aliphatic heterocycles. The summed E-state index contributed by atoms with van der Waals surface area (Å²) in [5, 5.41) is 11.5. The zero-order valence-corrected chi connectivity index (χ0v) is 15.6. The molecule has 1 heterocycles. The van der Waals surface area contributed by atoms with Crippen molar-refractivity contribution in [3.8, 4) is 0 Å². The molecule has 1 aromatic rings. The van der Waals surface area contributed by atoms with Crippen LogP contribution < -0.4 is 0 Å². The summed E-state index contributed by atoms with van der Waals surface area (Å²) in [4.78, 5) is 0.137. The SMILES string of the molecule is CC1(C)CC(OS(=O)(=O)c2ccc(Br)cc2)CC(C)(C)N1O. The summed E-state index contributed by atoms with van der Waals surface area (Å²) in [6.45, 7) is 7.49. The van der Waals surface area contributed by atoms with E-state index in [-0.39, 0.29) is 4.90 Å². The molecule has 0 aliphatic carbocycles. The second-order valence-electron chi connectivity index (χ2n) is 6.97. The fourth-order valence-electron chi connectivity index (χ4n) is 3.08. The number of nitrogens with zero attached hydrogens (tertiary/aromatic N) is 1. The minimum absolute atomic E-state index is 0.137. The van der Waals surface area contributed by atoms with E-state index in [1.54, 1.807) is 12.1 Å². The van der Waals surface area contributed by atoms with Crippen LogP contribution in [0.4, 0.5) is 0 Å². The summed E-state index contributed by atoms with van der Waals surface area (Å²) >= 11 is 3.28. The van der Waals surface area contributed by atoms with Crippen molar-refractivity contribution in [2.45, 2.75) is 62.6 Å². The van der Waals surface area contributed by atoms with Crippen LogP contribution in [0, 0.1) is 0 Å². The standard InChI is InChI=1S/C15H22BrNO4S/c1-14(2)9-12(10-15(3,4)17(14)18)21-22(19,20)13-7-5-11(16)6-8-13/h5-8,12,18H,9-10H2,1-4H3. The lowest BCUT2D eigenvalue weighted by molar-refractivity contribution is -0.254. The van der Waals surface area contributed by atoms with Gasteiger partial charge >= 0.3 is 0 Å². The van der Waals surface area contributed by atoms with E-state index in [1.165, 1.54) is 17.2 Å². The Morgan fingerprint density at radius 3 is 2.05 bits per heavy atom. The van der Waals surface area contributed by atoms with E-state index in [1.807, 2.05) is 27.7 Å². The van der Waals surface area contributed by atoms with Crippen molar-refractivity contribution in [1.29, 1.82) is 0 Å². The Morgan fingerprint density at radius 1 is 1.14 bits per heavy atom. The minimum atomic E-state index is -3.82. The number of hydrogen-bond acceptors (Lipinski definition) is 5. The Morgan fingerprint density at radius 2 is 1.59 bits per heavy atom. The van der Waals surface area contributed by atoms with Crippen LogP contribution in [0.25, 0.3) is 0 Å². The van der Waals surface area contributed by atoms with Gasteiger partial charge in [-0.05, 0) is 64.8 Å². The van der Waals surface area contributed by atoms with E-state index < -0.39 is 27.3 Å². The van der Waals surface area contributed by atoms with Gasteiger partial charge in [0.2, 0.25) is 0 Å². The highest BCUT2D eigenvalue weighted by atomic mass is 79.9. The summed E-state index contributed by atoms with van der Waals surface area (Å²) < 4.78 is 31.1. The minimum Gasteiger partial charge on any atom is -0.313 e. The molecular formula is C15H22BrNO4S. The van der Waals surface area contributed by atoms with Gasteiger partial charge in [-0.1, -0.05) is 15.9 Å². The van der Waals surface area contributed by atoms with Gasteiger partial charge < -0.3 is 5.21 Å². The van der Waals surface area contributed by atoms with Gasteiger partial charge in [-0.25, -0.2) is 0 Å². The molecule has 0 unspecified atom stereocenters. The Hall–Kier alpha value is -0.470. The fourth-order valence-corrected chi connectivity index (χ4v) is 4.42. The molecule has 0 saturated carbocycles. The summed E-state index contributed by atoms with van der Waals surface area (Å²) in [7, 11) is -3.82. The van der Waals surface area contributed by atoms with Crippen LogP contribution in [0.15, 0.2) is 33.6 Å². The molecule has 7 heteroatoms. The molecule has 0 amide bonds. The first-order valence-electron chi connectivity index (χ1n) is 7.12. The predicted molar refractivity (Wildman–Crippen MR) is 87.2 cm³/mol. The first-order chi connectivity index (χ1) is 9.94. The third-order valence-corrected chi connectivity index (χ3v) is 5.87. The number of hydroxylamine groups is 2. The number of piperidine rings is 1.